The highest BCUT2D eigenvalue weighted by molar-refractivity contribution is 5.80. The first-order valence-electron chi connectivity index (χ1n) is 9.98. The van der Waals surface area contributed by atoms with Crippen molar-refractivity contribution in [3.8, 4) is 22.8 Å². The number of rotatable bonds is 6. The third-order valence-electron chi connectivity index (χ3n) is 5.67. The van der Waals surface area contributed by atoms with E-state index in [0.717, 1.165) is 52.4 Å². The molecule has 0 bridgehead atoms. The Morgan fingerprint density at radius 3 is 2.81 bits per heavy atom. The molecule has 0 spiro atoms. The molecule has 0 fully saturated rings. The van der Waals surface area contributed by atoms with Crippen LogP contribution >= 0.6 is 0 Å². The van der Waals surface area contributed by atoms with Gasteiger partial charge in [-0.1, -0.05) is 11.2 Å². The molecule has 0 saturated carbocycles. The molecule has 0 amide bonds. The zero-order chi connectivity index (χ0) is 21.4. The van der Waals surface area contributed by atoms with Crippen molar-refractivity contribution in [2.45, 2.75) is 18.9 Å². The second-order valence-electron chi connectivity index (χ2n) is 7.38. The predicted molar refractivity (Wildman–Crippen MR) is 118 cm³/mol. The van der Waals surface area contributed by atoms with Crippen LogP contribution in [0.2, 0.25) is 0 Å². The van der Waals surface area contributed by atoms with Crippen molar-refractivity contribution in [2.75, 3.05) is 19.5 Å². The van der Waals surface area contributed by atoms with Crippen molar-refractivity contribution in [1.29, 1.82) is 0 Å². The molecule has 156 valence electrons. The Morgan fingerprint density at radius 1 is 1.13 bits per heavy atom. The van der Waals surface area contributed by atoms with E-state index >= 15 is 0 Å². The Kier molecular flexibility index (Phi) is 4.74. The molecule has 1 unspecified atom stereocenters. The fourth-order valence-electron chi connectivity index (χ4n) is 4.13. The van der Waals surface area contributed by atoms with Gasteiger partial charge in [0.25, 0.3) is 0 Å². The summed E-state index contributed by atoms with van der Waals surface area (Å²) in [7, 11) is 3.22. The van der Waals surface area contributed by atoms with Crippen LogP contribution in [0.1, 0.15) is 23.6 Å². The topological polar surface area (TPSA) is 90.1 Å². The summed E-state index contributed by atoms with van der Waals surface area (Å²) < 4.78 is 12.8. The lowest BCUT2D eigenvalue weighted by molar-refractivity contribution is 0.355. The average Bonchev–Trinajstić information content (AvgIpc) is 3.39. The third kappa shape index (κ3) is 3.26. The molecule has 1 atom stereocenters. The third-order valence-corrected chi connectivity index (χ3v) is 5.67. The number of aromatic nitrogens is 3. The predicted octanol–water partition coefficient (Wildman–Crippen LogP) is 4.91. The maximum atomic E-state index is 11.1. The lowest BCUT2D eigenvalue weighted by Crippen LogP contribution is -1.99. The SMILES string of the molecule is COc1ccc(-c2nc3cnccn3c2Nc2ccc3c(c2)CCC3N=O)cc1OC. The van der Waals surface area contributed by atoms with E-state index in [0.29, 0.717) is 11.5 Å². The van der Waals surface area contributed by atoms with Gasteiger partial charge in [0.05, 0.1) is 20.4 Å². The van der Waals surface area contributed by atoms with Gasteiger partial charge in [-0.2, -0.15) is 4.91 Å². The first kappa shape index (κ1) is 19.0. The molecule has 1 aliphatic rings. The molecule has 2 aromatic heterocycles. The number of aryl methyl sites for hydroxylation is 1. The quantitative estimate of drug-likeness (QED) is 0.450. The Labute approximate surface area is 178 Å². The molecule has 0 aliphatic heterocycles. The van der Waals surface area contributed by atoms with Gasteiger partial charge in [-0.15, -0.1) is 0 Å². The molecule has 0 radical (unpaired) electrons. The second kappa shape index (κ2) is 7.71. The zero-order valence-corrected chi connectivity index (χ0v) is 17.2. The zero-order valence-electron chi connectivity index (χ0n) is 17.2. The summed E-state index contributed by atoms with van der Waals surface area (Å²) in [5.74, 6) is 2.10. The van der Waals surface area contributed by atoms with Gasteiger partial charge in [-0.25, -0.2) is 4.98 Å². The van der Waals surface area contributed by atoms with Crippen LogP contribution in [0.4, 0.5) is 11.5 Å². The number of nitroso groups, excluding NO2 is 1. The molecule has 2 heterocycles. The number of ether oxygens (including phenoxy) is 2. The van der Waals surface area contributed by atoms with Gasteiger partial charge in [0, 0.05) is 23.6 Å². The number of hydrogen-bond acceptors (Lipinski definition) is 7. The smallest absolute Gasteiger partial charge is 0.161 e. The van der Waals surface area contributed by atoms with Crippen LogP contribution in [-0.4, -0.2) is 28.6 Å². The second-order valence-corrected chi connectivity index (χ2v) is 7.38. The van der Waals surface area contributed by atoms with Crippen LogP contribution in [0.15, 0.2) is 60.2 Å². The first-order valence-corrected chi connectivity index (χ1v) is 9.98. The summed E-state index contributed by atoms with van der Waals surface area (Å²) in [4.78, 5) is 20.0. The molecule has 8 heteroatoms. The summed E-state index contributed by atoms with van der Waals surface area (Å²) in [5.41, 5.74) is 5.46. The van der Waals surface area contributed by atoms with Crippen molar-refractivity contribution >= 4 is 17.2 Å². The van der Waals surface area contributed by atoms with Gasteiger partial charge in [-0.05, 0) is 54.3 Å². The molecule has 1 N–H and O–H groups in total. The number of nitrogens with one attached hydrogen (secondary N) is 1. The molecule has 8 nitrogen and oxygen atoms in total. The highest BCUT2D eigenvalue weighted by Gasteiger charge is 2.24. The summed E-state index contributed by atoms with van der Waals surface area (Å²) in [6.07, 6.45) is 6.93. The van der Waals surface area contributed by atoms with Gasteiger partial charge in [-0.3, -0.25) is 9.38 Å². The molecule has 0 saturated heterocycles. The molecule has 4 aromatic rings. The Balaban J connectivity index is 1.60. The van der Waals surface area contributed by atoms with Crippen molar-refractivity contribution in [2.24, 2.45) is 5.18 Å². The fourth-order valence-corrected chi connectivity index (χ4v) is 4.13. The van der Waals surface area contributed by atoms with Crippen molar-refractivity contribution in [1.82, 2.24) is 14.4 Å². The number of fused-ring (bicyclic) bond motifs is 2. The van der Waals surface area contributed by atoms with Gasteiger partial charge >= 0.3 is 0 Å². The normalized spacial score (nSPS) is 15.0. The minimum Gasteiger partial charge on any atom is -0.493 e. The van der Waals surface area contributed by atoms with E-state index in [4.69, 9.17) is 14.5 Å². The molecular formula is C23H21N5O3. The highest BCUT2D eigenvalue weighted by Crippen LogP contribution is 2.38. The van der Waals surface area contributed by atoms with E-state index in [2.05, 4.69) is 21.5 Å². The van der Waals surface area contributed by atoms with Crippen LogP contribution in [0.3, 0.4) is 0 Å². The molecule has 2 aromatic carbocycles. The van der Waals surface area contributed by atoms with Crippen LogP contribution in [0.25, 0.3) is 16.9 Å². The van der Waals surface area contributed by atoms with E-state index in [1.165, 1.54) is 0 Å². The molecule has 1 aliphatic carbocycles. The number of anilines is 2. The van der Waals surface area contributed by atoms with Crippen molar-refractivity contribution in [3.63, 3.8) is 0 Å². The van der Waals surface area contributed by atoms with Crippen LogP contribution < -0.4 is 14.8 Å². The lowest BCUT2D eigenvalue weighted by atomic mass is 10.1. The maximum absolute atomic E-state index is 11.1. The summed E-state index contributed by atoms with van der Waals surface area (Å²) >= 11 is 0. The maximum Gasteiger partial charge on any atom is 0.161 e. The van der Waals surface area contributed by atoms with E-state index in [9.17, 15) is 4.91 Å². The Bertz CT molecular complexity index is 1280. The van der Waals surface area contributed by atoms with E-state index in [1.807, 2.05) is 40.9 Å². The summed E-state index contributed by atoms with van der Waals surface area (Å²) in [6, 6.07) is 11.5. The lowest BCUT2D eigenvalue weighted by Gasteiger charge is -2.12. The van der Waals surface area contributed by atoms with Crippen LogP contribution in [-0.2, 0) is 6.42 Å². The van der Waals surface area contributed by atoms with Gasteiger partial charge in [0.1, 0.15) is 17.6 Å². The first-order chi connectivity index (χ1) is 15.2. The monoisotopic (exact) mass is 415 g/mol. The van der Waals surface area contributed by atoms with Crippen LogP contribution in [0.5, 0.6) is 11.5 Å². The Morgan fingerprint density at radius 2 is 2.00 bits per heavy atom. The van der Waals surface area contributed by atoms with Crippen molar-refractivity contribution in [3.05, 3.63) is 71.0 Å². The van der Waals surface area contributed by atoms with E-state index in [1.54, 1.807) is 26.6 Å². The van der Waals surface area contributed by atoms with Crippen LogP contribution in [0, 0.1) is 4.91 Å². The summed E-state index contributed by atoms with van der Waals surface area (Å²) in [5, 5.41) is 6.76. The molecular weight excluding hydrogens is 394 g/mol. The number of nitrogens with zero attached hydrogens (tertiary/aromatic N) is 4. The highest BCUT2D eigenvalue weighted by atomic mass is 16.5. The number of benzene rings is 2. The standard InChI is InChI=1S/C23H21N5O3/c1-30-19-8-4-15(12-20(19)31-2)22-23(28-10-9-24-13-21(28)26-22)25-16-5-6-17-14(11-16)3-7-18(17)27-29/h4-6,8-13,18,25H,3,7H2,1-2H3. The minimum atomic E-state index is -0.242. The van der Waals surface area contributed by atoms with Gasteiger partial charge < -0.3 is 14.8 Å². The van der Waals surface area contributed by atoms with Gasteiger partial charge in [0.15, 0.2) is 17.1 Å². The molecule has 5 rings (SSSR count). The van der Waals surface area contributed by atoms with E-state index < -0.39 is 0 Å². The minimum absolute atomic E-state index is 0.242. The largest absolute Gasteiger partial charge is 0.493 e. The van der Waals surface area contributed by atoms with E-state index in [-0.39, 0.29) is 6.04 Å². The Hall–Kier alpha value is -3.94. The molecule has 31 heavy (non-hydrogen) atoms. The average molecular weight is 415 g/mol. The number of hydrogen-bond donors (Lipinski definition) is 1. The van der Waals surface area contributed by atoms with Gasteiger partial charge in [0.2, 0.25) is 0 Å². The summed E-state index contributed by atoms with van der Waals surface area (Å²) in [6.45, 7) is 0. The fraction of sp³-hybridized carbons (Fsp3) is 0.217. The van der Waals surface area contributed by atoms with Crippen molar-refractivity contribution < 1.29 is 9.47 Å². The number of methoxy groups -OCH3 is 2. The number of imidazole rings is 1.